The maximum absolute atomic E-state index is 12.2. The van der Waals surface area contributed by atoms with Gasteiger partial charge in [-0.1, -0.05) is 48.2 Å². The molecule has 0 radical (unpaired) electrons. The predicted octanol–water partition coefficient (Wildman–Crippen LogP) is 5.46. The SMILES string of the molecule is Cc1ccc2c(c1)SC(c1ccc(NC(=O)c3ccccc3)cc1)N2. The fourth-order valence-corrected chi connectivity index (χ4v) is 4.07. The Bertz CT molecular complexity index is 907. The maximum atomic E-state index is 12.2. The van der Waals surface area contributed by atoms with Crippen LogP contribution in [-0.4, -0.2) is 5.91 Å². The molecule has 0 saturated heterocycles. The normalized spacial score (nSPS) is 15.3. The van der Waals surface area contributed by atoms with Crippen molar-refractivity contribution in [3.05, 3.63) is 89.5 Å². The van der Waals surface area contributed by atoms with Crippen LogP contribution in [0, 0.1) is 6.92 Å². The minimum atomic E-state index is -0.0930. The lowest BCUT2D eigenvalue weighted by atomic mass is 10.1. The van der Waals surface area contributed by atoms with Crippen LogP contribution in [0.3, 0.4) is 0 Å². The lowest BCUT2D eigenvalue weighted by molar-refractivity contribution is 0.102. The molecule has 0 spiro atoms. The van der Waals surface area contributed by atoms with Crippen molar-refractivity contribution in [1.29, 1.82) is 0 Å². The van der Waals surface area contributed by atoms with Gasteiger partial charge < -0.3 is 10.6 Å². The molecule has 0 aliphatic carbocycles. The Morgan fingerprint density at radius 1 is 1.00 bits per heavy atom. The Balaban J connectivity index is 1.45. The van der Waals surface area contributed by atoms with E-state index in [1.807, 2.05) is 54.2 Å². The Morgan fingerprint density at radius 3 is 2.52 bits per heavy atom. The number of carbonyl (C=O) groups excluding carboxylic acids is 1. The van der Waals surface area contributed by atoms with Crippen molar-refractivity contribution in [1.82, 2.24) is 0 Å². The molecule has 1 aliphatic rings. The molecule has 3 aromatic rings. The van der Waals surface area contributed by atoms with Crippen molar-refractivity contribution < 1.29 is 4.79 Å². The predicted molar refractivity (Wildman–Crippen MR) is 104 cm³/mol. The molecule has 3 aromatic carbocycles. The number of rotatable bonds is 3. The van der Waals surface area contributed by atoms with Crippen molar-refractivity contribution in [2.45, 2.75) is 17.2 Å². The minimum Gasteiger partial charge on any atom is -0.368 e. The highest BCUT2D eigenvalue weighted by Crippen LogP contribution is 2.46. The van der Waals surface area contributed by atoms with Crippen molar-refractivity contribution in [3.8, 4) is 0 Å². The highest BCUT2D eigenvalue weighted by molar-refractivity contribution is 8.00. The first kappa shape index (κ1) is 15.8. The molecule has 1 aliphatic heterocycles. The lowest BCUT2D eigenvalue weighted by Crippen LogP contribution is -2.11. The number of hydrogen-bond donors (Lipinski definition) is 2. The van der Waals surface area contributed by atoms with Crippen LogP contribution in [0.1, 0.15) is 26.9 Å². The summed E-state index contributed by atoms with van der Waals surface area (Å²) in [4.78, 5) is 13.5. The van der Waals surface area contributed by atoms with Gasteiger partial charge in [0.05, 0.1) is 0 Å². The third-order valence-corrected chi connectivity index (χ3v) is 5.39. The van der Waals surface area contributed by atoms with E-state index in [4.69, 9.17) is 0 Å². The van der Waals surface area contributed by atoms with Gasteiger partial charge in [-0.25, -0.2) is 0 Å². The molecule has 0 fully saturated rings. The zero-order valence-electron chi connectivity index (χ0n) is 13.8. The Kier molecular flexibility index (Phi) is 4.20. The molecule has 3 nitrogen and oxygen atoms in total. The fourth-order valence-electron chi connectivity index (χ4n) is 2.83. The number of nitrogens with one attached hydrogen (secondary N) is 2. The summed E-state index contributed by atoms with van der Waals surface area (Å²) >= 11 is 1.82. The highest BCUT2D eigenvalue weighted by Gasteiger charge is 2.22. The summed E-state index contributed by atoms with van der Waals surface area (Å²) in [6.45, 7) is 2.11. The van der Waals surface area contributed by atoms with Crippen LogP contribution in [0.25, 0.3) is 0 Å². The van der Waals surface area contributed by atoms with Crippen LogP contribution >= 0.6 is 11.8 Å². The van der Waals surface area contributed by atoms with Crippen molar-refractivity contribution >= 4 is 29.0 Å². The van der Waals surface area contributed by atoms with Gasteiger partial charge in [0.2, 0.25) is 0 Å². The quantitative estimate of drug-likeness (QED) is 0.661. The molecule has 0 aromatic heterocycles. The molecular formula is C21H18N2OS. The standard InChI is InChI=1S/C21H18N2OS/c1-14-7-12-18-19(13-14)25-21(23-18)16-8-10-17(11-9-16)22-20(24)15-5-3-2-4-6-15/h2-13,21,23H,1H3,(H,22,24). The third kappa shape index (κ3) is 3.39. The number of fused-ring (bicyclic) bond motifs is 1. The molecule has 1 atom stereocenters. The zero-order chi connectivity index (χ0) is 17.2. The summed E-state index contributed by atoms with van der Waals surface area (Å²) in [6, 6.07) is 23.7. The molecule has 1 amide bonds. The number of thioether (sulfide) groups is 1. The number of hydrogen-bond acceptors (Lipinski definition) is 3. The van der Waals surface area contributed by atoms with Gasteiger partial charge in [-0.15, -0.1) is 0 Å². The fraction of sp³-hybridized carbons (Fsp3) is 0.0952. The molecule has 0 bridgehead atoms. The van der Waals surface area contributed by atoms with Crippen LogP contribution in [0.2, 0.25) is 0 Å². The molecule has 1 unspecified atom stereocenters. The van der Waals surface area contributed by atoms with E-state index in [2.05, 4.69) is 47.9 Å². The molecule has 25 heavy (non-hydrogen) atoms. The van der Waals surface area contributed by atoms with Gasteiger partial charge in [0.1, 0.15) is 5.37 Å². The van der Waals surface area contributed by atoms with E-state index < -0.39 is 0 Å². The van der Waals surface area contributed by atoms with Gasteiger partial charge in [-0.3, -0.25) is 4.79 Å². The molecule has 1 heterocycles. The van der Waals surface area contributed by atoms with Gasteiger partial charge in [-0.2, -0.15) is 0 Å². The van der Waals surface area contributed by atoms with Gasteiger partial charge in [0.15, 0.2) is 0 Å². The smallest absolute Gasteiger partial charge is 0.255 e. The van der Waals surface area contributed by atoms with E-state index in [0.717, 1.165) is 5.69 Å². The van der Waals surface area contributed by atoms with Gasteiger partial charge in [-0.05, 0) is 54.4 Å². The largest absolute Gasteiger partial charge is 0.368 e. The number of aryl methyl sites for hydroxylation is 1. The molecule has 124 valence electrons. The second-order valence-corrected chi connectivity index (χ2v) is 7.23. The zero-order valence-corrected chi connectivity index (χ0v) is 14.6. The van der Waals surface area contributed by atoms with Gasteiger partial charge in [0.25, 0.3) is 5.91 Å². The van der Waals surface area contributed by atoms with Gasteiger partial charge in [0, 0.05) is 21.8 Å². The Labute approximate surface area is 151 Å². The molecular weight excluding hydrogens is 328 g/mol. The molecule has 0 saturated carbocycles. The summed E-state index contributed by atoms with van der Waals surface area (Å²) in [6.07, 6.45) is 0. The summed E-state index contributed by atoms with van der Waals surface area (Å²) < 4.78 is 0. The minimum absolute atomic E-state index is 0.0930. The molecule has 4 heteroatoms. The topological polar surface area (TPSA) is 41.1 Å². The maximum Gasteiger partial charge on any atom is 0.255 e. The van der Waals surface area contributed by atoms with Crippen molar-refractivity contribution in [3.63, 3.8) is 0 Å². The monoisotopic (exact) mass is 346 g/mol. The Hall–Kier alpha value is -2.72. The summed E-state index contributed by atoms with van der Waals surface area (Å²) in [5.74, 6) is -0.0930. The number of amides is 1. The van der Waals surface area contributed by atoms with Crippen molar-refractivity contribution in [2.75, 3.05) is 10.6 Å². The van der Waals surface area contributed by atoms with Crippen LogP contribution in [0.15, 0.2) is 77.7 Å². The van der Waals surface area contributed by atoms with E-state index in [-0.39, 0.29) is 11.3 Å². The summed E-state index contributed by atoms with van der Waals surface area (Å²) in [7, 11) is 0. The first-order valence-electron chi connectivity index (χ1n) is 8.19. The first-order valence-corrected chi connectivity index (χ1v) is 9.07. The third-order valence-electron chi connectivity index (χ3n) is 4.18. The number of anilines is 2. The van der Waals surface area contributed by atoms with E-state index >= 15 is 0 Å². The van der Waals surface area contributed by atoms with Crippen molar-refractivity contribution in [2.24, 2.45) is 0 Å². The summed E-state index contributed by atoms with van der Waals surface area (Å²) in [5.41, 5.74) is 5.10. The summed E-state index contributed by atoms with van der Waals surface area (Å²) in [5, 5.41) is 6.68. The highest BCUT2D eigenvalue weighted by atomic mass is 32.2. The van der Waals surface area contributed by atoms with Gasteiger partial charge >= 0.3 is 0 Å². The van der Waals surface area contributed by atoms with E-state index in [1.54, 1.807) is 0 Å². The van der Waals surface area contributed by atoms with Crippen LogP contribution in [-0.2, 0) is 0 Å². The van der Waals surface area contributed by atoms with E-state index in [9.17, 15) is 4.79 Å². The molecule has 2 N–H and O–H groups in total. The second-order valence-electron chi connectivity index (χ2n) is 6.08. The van der Waals surface area contributed by atoms with Crippen LogP contribution in [0.4, 0.5) is 11.4 Å². The molecule has 4 rings (SSSR count). The second kappa shape index (κ2) is 6.65. The Morgan fingerprint density at radius 2 is 1.76 bits per heavy atom. The number of carbonyl (C=O) groups is 1. The average Bonchev–Trinajstić information content (AvgIpc) is 3.06. The first-order chi connectivity index (χ1) is 12.2. The average molecular weight is 346 g/mol. The van der Waals surface area contributed by atoms with E-state index in [1.165, 1.54) is 21.7 Å². The van der Waals surface area contributed by atoms with Crippen LogP contribution < -0.4 is 10.6 Å². The lowest BCUT2D eigenvalue weighted by Gasteiger charge is -2.12. The number of benzene rings is 3. The van der Waals surface area contributed by atoms with Crippen LogP contribution in [0.5, 0.6) is 0 Å². The van der Waals surface area contributed by atoms with E-state index in [0.29, 0.717) is 5.56 Å².